The molecule has 9 aromatic rings. The Morgan fingerprint density at radius 3 is 1.41 bits per heavy atom. The van der Waals surface area contributed by atoms with E-state index in [2.05, 4.69) is 206 Å². The van der Waals surface area contributed by atoms with E-state index in [9.17, 15) is 0 Å². The zero-order valence-corrected chi connectivity index (χ0v) is 30.7. The molecule has 0 amide bonds. The third-order valence-electron chi connectivity index (χ3n) is 10.8. The fraction of sp³-hybridized carbons (Fsp3) is 0.0189. The second-order valence-electron chi connectivity index (χ2n) is 14.2. The molecule has 56 heavy (non-hydrogen) atoms. The Hall–Kier alpha value is -7.36. The van der Waals surface area contributed by atoms with Gasteiger partial charge >= 0.3 is 0 Å². The zero-order chi connectivity index (χ0) is 37.3. The summed E-state index contributed by atoms with van der Waals surface area (Å²) in [5.41, 5.74) is 15.5. The highest BCUT2D eigenvalue weighted by molar-refractivity contribution is 6.08. The van der Waals surface area contributed by atoms with Crippen molar-refractivity contribution in [2.24, 2.45) is 0 Å². The predicted molar refractivity (Wildman–Crippen MR) is 233 cm³/mol. The quantitative estimate of drug-likeness (QED) is 0.178. The van der Waals surface area contributed by atoms with Gasteiger partial charge in [0.25, 0.3) is 0 Å². The lowest BCUT2D eigenvalue weighted by atomic mass is 9.85. The van der Waals surface area contributed by atoms with E-state index >= 15 is 0 Å². The van der Waals surface area contributed by atoms with Gasteiger partial charge in [-0.25, -0.2) is 9.97 Å². The molecule has 3 nitrogen and oxygen atoms in total. The van der Waals surface area contributed by atoms with Crippen LogP contribution in [0.3, 0.4) is 0 Å². The highest BCUT2D eigenvalue weighted by atomic mass is 14.9. The third kappa shape index (κ3) is 6.36. The lowest BCUT2D eigenvalue weighted by molar-refractivity contribution is 0.974. The van der Waals surface area contributed by atoms with Gasteiger partial charge in [0.2, 0.25) is 0 Å². The molecule has 264 valence electrons. The molecule has 1 aliphatic heterocycles. The molecule has 0 saturated carbocycles. The Kier molecular flexibility index (Phi) is 8.58. The first-order valence-electron chi connectivity index (χ1n) is 19.1. The van der Waals surface area contributed by atoms with Gasteiger partial charge in [0.1, 0.15) is 0 Å². The Labute approximate surface area is 327 Å². The van der Waals surface area contributed by atoms with Crippen molar-refractivity contribution in [2.75, 3.05) is 5.32 Å². The standard InChI is InChI=1S/C53H37N3/c1-5-14-36(15-6-1)38-24-28-42(29-25-38)50-35-51(43-30-26-39(27-31-43)37-16-7-2-8-17-37)56-53(55-50)46-23-13-22-45-44(46)32-33-48-52(45)47(40-18-9-3-10-19-40)34-49(54-48)41-20-11-4-12-21-41/h1-35,49,54H. The van der Waals surface area contributed by atoms with Crippen LogP contribution in [0.4, 0.5) is 5.69 Å². The molecular weight excluding hydrogens is 679 g/mol. The number of aromatic nitrogens is 2. The van der Waals surface area contributed by atoms with Crippen molar-refractivity contribution in [3.63, 3.8) is 0 Å². The molecule has 1 aromatic heterocycles. The minimum absolute atomic E-state index is 0.0451. The van der Waals surface area contributed by atoms with Crippen molar-refractivity contribution >= 4 is 22.0 Å². The molecule has 2 heterocycles. The molecule has 0 aliphatic carbocycles. The molecule has 0 spiro atoms. The van der Waals surface area contributed by atoms with Crippen molar-refractivity contribution in [3.05, 3.63) is 229 Å². The SMILES string of the molecule is C1=C(c2ccccc2)c2c(ccc3c(-c4nc(-c5ccc(-c6ccccc6)cc5)cc(-c5ccc(-c6ccccc6)cc5)n4)cccc23)NC1c1ccccc1. The molecule has 0 bridgehead atoms. The number of rotatable bonds is 7. The molecule has 1 atom stereocenters. The van der Waals surface area contributed by atoms with Crippen LogP contribution in [0.25, 0.3) is 72.5 Å². The Morgan fingerprint density at radius 1 is 0.375 bits per heavy atom. The van der Waals surface area contributed by atoms with Gasteiger partial charge in [-0.3, -0.25) is 0 Å². The zero-order valence-electron chi connectivity index (χ0n) is 30.7. The van der Waals surface area contributed by atoms with E-state index in [4.69, 9.17) is 9.97 Å². The van der Waals surface area contributed by atoms with Crippen molar-refractivity contribution in [3.8, 4) is 56.2 Å². The van der Waals surface area contributed by atoms with Crippen LogP contribution >= 0.6 is 0 Å². The third-order valence-corrected chi connectivity index (χ3v) is 10.8. The summed E-state index contributed by atoms with van der Waals surface area (Å²) < 4.78 is 0. The molecule has 0 fully saturated rings. The van der Waals surface area contributed by atoms with Crippen molar-refractivity contribution in [1.29, 1.82) is 0 Å². The summed E-state index contributed by atoms with van der Waals surface area (Å²) in [7, 11) is 0. The van der Waals surface area contributed by atoms with Gasteiger partial charge in [-0.2, -0.15) is 0 Å². The number of hydrogen-bond acceptors (Lipinski definition) is 3. The number of benzene rings is 8. The number of hydrogen-bond donors (Lipinski definition) is 1. The van der Waals surface area contributed by atoms with Gasteiger partial charge in [-0.1, -0.05) is 194 Å². The van der Waals surface area contributed by atoms with E-state index in [1.54, 1.807) is 0 Å². The first-order valence-corrected chi connectivity index (χ1v) is 19.1. The van der Waals surface area contributed by atoms with Crippen LogP contribution in [-0.2, 0) is 0 Å². The normalized spacial score (nSPS) is 13.4. The maximum absolute atomic E-state index is 5.32. The maximum atomic E-state index is 5.32. The predicted octanol–water partition coefficient (Wildman–Crippen LogP) is 13.6. The van der Waals surface area contributed by atoms with Crippen molar-refractivity contribution < 1.29 is 0 Å². The topological polar surface area (TPSA) is 37.8 Å². The Bertz CT molecular complexity index is 2730. The average molecular weight is 716 g/mol. The van der Waals surface area contributed by atoms with Gasteiger partial charge in [-0.15, -0.1) is 0 Å². The van der Waals surface area contributed by atoms with Crippen LogP contribution in [-0.4, -0.2) is 9.97 Å². The van der Waals surface area contributed by atoms with Gasteiger partial charge in [-0.05, 0) is 67.9 Å². The summed E-state index contributed by atoms with van der Waals surface area (Å²) in [6.45, 7) is 0. The Balaban J connectivity index is 1.13. The Morgan fingerprint density at radius 2 is 0.857 bits per heavy atom. The van der Waals surface area contributed by atoms with Crippen LogP contribution in [0.1, 0.15) is 22.7 Å². The first kappa shape index (κ1) is 33.2. The second-order valence-corrected chi connectivity index (χ2v) is 14.2. The minimum atomic E-state index is 0.0451. The van der Waals surface area contributed by atoms with Crippen molar-refractivity contribution in [2.45, 2.75) is 6.04 Å². The summed E-state index contributed by atoms with van der Waals surface area (Å²) in [5, 5.41) is 6.11. The highest BCUT2D eigenvalue weighted by Crippen LogP contribution is 2.44. The molecule has 10 rings (SSSR count). The first-order chi connectivity index (χ1) is 27.7. The van der Waals surface area contributed by atoms with Gasteiger partial charge in [0, 0.05) is 27.9 Å². The summed E-state index contributed by atoms with van der Waals surface area (Å²) in [4.78, 5) is 10.6. The van der Waals surface area contributed by atoms with Crippen molar-refractivity contribution in [1.82, 2.24) is 9.97 Å². The fourth-order valence-electron chi connectivity index (χ4n) is 7.91. The summed E-state index contributed by atoms with van der Waals surface area (Å²) in [5.74, 6) is 0.693. The molecule has 3 heteroatoms. The lowest BCUT2D eigenvalue weighted by Gasteiger charge is -2.28. The lowest BCUT2D eigenvalue weighted by Crippen LogP contribution is -2.15. The fourth-order valence-corrected chi connectivity index (χ4v) is 7.91. The van der Waals surface area contributed by atoms with Gasteiger partial charge in [0.15, 0.2) is 5.82 Å². The average Bonchev–Trinajstić information content (AvgIpc) is 3.29. The van der Waals surface area contributed by atoms with Gasteiger partial charge < -0.3 is 5.32 Å². The highest BCUT2D eigenvalue weighted by Gasteiger charge is 2.24. The molecule has 1 unspecified atom stereocenters. The number of anilines is 1. The number of fused-ring (bicyclic) bond motifs is 3. The molecule has 8 aromatic carbocycles. The number of nitrogens with zero attached hydrogens (tertiary/aromatic N) is 2. The summed E-state index contributed by atoms with van der Waals surface area (Å²) in [6, 6.07) is 72.9. The van der Waals surface area contributed by atoms with Crippen LogP contribution in [0.5, 0.6) is 0 Å². The van der Waals surface area contributed by atoms with Gasteiger partial charge in [0.05, 0.1) is 17.4 Å². The monoisotopic (exact) mass is 715 g/mol. The largest absolute Gasteiger partial charge is 0.374 e. The minimum Gasteiger partial charge on any atom is -0.374 e. The van der Waals surface area contributed by atoms with E-state index < -0.39 is 0 Å². The van der Waals surface area contributed by atoms with Crippen LogP contribution in [0.2, 0.25) is 0 Å². The van der Waals surface area contributed by atoms with E-state index in [1.807, 2.05) is 12.1 Å². The van der Waals surface area contributed by atoms with E-state index in [0.29, 0.717) is 5.82 Å². The molecular formula is C53H37N3. The molecule has 1 N–H and O–H groups in total. The van der Waals surface area contributed by atoms with E-state index in [0.717, 1.165) is 44.5 Å². The summed E-state index contributed by atoms with van der Waals surface area (Å²) in [6.07, 6.45) is 2.37. The number of nitrogens with one attached hydrogen (secondary N) is 1. The molecule has 0 saturated heterocycles. The van der Waals surface area contributed by atoms with Crippen LogP contribution < -0.4 is 5.32 Å². The molecule has 1 aliphatic rings. The summed E-state index contributed by atoms with van der Waals surface area (Å²) >= 11 is 0. The second kappa shape index (κ2) is 14.5. The maximum Gasteiger partial charge on any atom is 0.161 e. The smallest absolute Gasteiger partial charge is 0.161 e. The molecule has 0 radical (unpaired) electrons. The van der Waals surface area contributed by atoms with E-state index in [1.165, 1.54) is 44.5 Å². The van der Waals surface area contributed by atoms with Crippen LogP contribution in [0, 0.1) is 0 Å². The van der Waals surface area contributed by atoms with Crippen LogP contribution in [0.15, 0.2) is 212 Å². The van der Waals surface area contributed by atoms with E-state index in [-0.39, 0.29) is 6.04 Å².